The highest BCUT2D eigenvalue weighted by Gasteiger charge is 2.37. The highest BCUT2D eigenvalue weighted by atomic mass is 28.4. The van der Waals surface area contributed by atoms with E-state index in [0.29, 0.717) is 0 Å². The normalized spacial score (nSPS) is 11.7. The molecule has 0 atom stereocenters. The van der Waals surface area contributed by atoms with Gasteiger partial charge >= 0.3 is 9.45 Å². The van der Waals surface area contributed by atoms with Crippen LogP contribution in [0.2, 0.25) is 19.6 Å². The van der Waals surface area contributed by atoms with Gasteiger partial charge in [-0.3, -0.25) is 4.23 Å². The lowest BCUT2D eigenvalue weighted by Crippen LogP contribution is -2.57. The van der Waals surface area contributed by atoms with E-state index in [0.717, 1.165) is 11.5 Å². The van der Waals surface area contributed by atoms with Crippen molar-refractivity contribution in [3.8, 4) is 11.5 Å². The van der Waals surface area contributed by atoms with Gasteiger partial charge in [0.05, 0.1) is 0 Å². The minimum absolute atomic E-state index is 0.854. The van der Waals surface area contributed by atoms with Crippen LogP contribution in [0.4, 0.5) is 0 Å². The van der Waals surface area contributed by atoms with Gasteiger partial charge in [-0.2, -0.15) is 0 Å². The van der Waals surface area contributed by atoms with Gasteiger partial charge in [0.1, 0.15) is 19.7 Å². The first kappa shape index (κ1) is 15.8. The number of rotatable bonds is 6. The van der Waals surface area contributed by atoms with Gasteiger partial charge in [-0.05, 0) is 31.3 Å². The molecule has 3 nitrogen and oxygen atoms in total. The Hall–Kier alpha value is -1.57. The standard InChI is InChI=1S/C16H22NO2Si2/c1-17(21(2,3)4)20(18-15-11-7-5-8-12-15)19-16-13-9-6-10-14-16/h5-14H,1-4H3. The van der Waals surface area contributed by atoms with Gasteiger partial charge in [0.2, 0.25) is 0 Å². The molecular formula is C16H22NO2Si2. The van der Waals surface area contributed by atoms with Crippen LogP contribution < -0.4 is 8.85 Å². The van der Waals surface area contributed by atoms with E-state index in [4.69, 9.17) is 8.85 Å². The Morgan fingerprint density at radius 3 is 1.48 bits per heavy atom. The van der Waals surface area contributed by atoms with E-state index in [9.17, 15) is 0 Å². The molecule has 0 aliphatic heterocycles. The fourth-order valence-electron chi connectivity index (χ4n) is 1.61. The summed E-state index contributed by atoms with van der Waals surface area (Å²) in [5, 5.41) is 0. The van der Waals surface area contributed by atoms with E-state index < -0.39 is 17.7 Å². The second kappa shape index (κ2) is 6.93. The topological polar surface area (TPSA) is 21.7 Å². The maximum Gasteiger partial charge on any atom is 0.637 e. The summed E-state index contributed by atoms with van der Waals surface area (Å²) in [5.74, 6) is 1.71. The predicted octanol–water partition coefficient (Wildman–Crippen LogP) is 3.90. The summed E-state index contributed by atoms with van der Waals surface area (Å²) in [6, 6.07) is 19.8. The van der Waals surface area contributed by atoms with Crippen LogP contribution in [0.25, 0.3) is 0 Å². The van der Waals surface area contributed by atoms with E-state index >= 15 is 0 Å². The number of nitrogens with zero attached hydrogens (tertiary/aromatic N) is 1. The van der Waals surface area contributed by atoms with Crippen molar-refractivity contribution in [2.24, 2.45) is 0 Å². The number of para-hydroxylation sites is 2. The SMILES string of the molecule is CN([Si](Oc1ccccc1)Oc1ccccc1)[Si](C)(C)C. The van der Waals surface area contributed by atoms with E-state index in [-0.39, 0.29) is 0 Å². The monoisotopic (exact) mass is 316 g/mol. The molecule has 2 aromatic rings. The van der Waals surface area contributed by atoms with Gasteiger partial charge in [-0.25, -0.2) is 0 Å². The molecule has 2 rings (SSSR count). The Morgan fingerprint density at radius 1 is 0.762 bits per heavy atom. The highest BCUT2D eigenvalue weighted by Crippen LogP contribution is 2.18. The van der Waals surface area contributed by atoms with Gasteiger partial charge in [0, 0.05) is 0 Å². The first-order valence-electron chi connectivity index (χ1n) is 7.03. The van der Waals surface area contributed by atoms with Crippen molar-refractivity contribution in [1.82, 2.24) is 4.23 Å². The molecule has 0 bridgehead atoms. The minimum atomic E-state index is -1.59. The van der Waals surface area contributed by atoms with Crippen LogP contribution >= 0.6 is 0 Å². The van der Waals surface area contributed by atoms with Crippen molar-refractivity contribution >= 4 is 17.7 Å². The van der Waals surface area contributed by atoms with Crippen molar-refractivity contribution in [3.05, 3.63) is 60.7 Å². The lowest BCUT2D eigenvalue weighted by Gasteiger charge is -2.33. The van der Waals surface area contributed by atoms with Crippen LogP contribution in [0.3, 0.4) is 0 Å². The molecule has 5 heteroatoms. The van der Waals surface area contributed by atoms with E-state index in [2.05, 4.69) is 30.9 Å². The van der Waals surface area contributed by atoms with Crippen molar-refractivity contribution in [1.29, 1.82) is 0 Å². The quantitative estimate of drug-likeness (QED) is 0.755. The highest BCUT2D eigenvalue weighted by molar-refractivity contribution is 6.80. The Bertz CT molecular complexity index is 502. The molecule has 1 radical (unpaired) electrons. The average molecular weight is 317 g/mol. The van der Waals surface area contributed by atoms with Crippen molar-refractivity contribution in [2.45, 2.75) is 19.6 Å². The van der Waals surface area contributed by atoms with Crippen LogP contribution in [0.5, 0.6) is 11.5 Å². The summed E-state index contributed by atoms with van der Waals surface area (Å²) < 4.78 is 14.6. The Kier molecular flexibility index (Phi) is 5.22. The molecule has 0 N–H and O–H groups in total. The summed E-state index contributed by atoms with van der Waals surface area (Å²) >= 11 is 0. The molecule has 0 aliphatic rings. The lowest BCUT2D eigenvalue weighted by atomic mass is 10.3. The molecule has 0 heterocycles. The molecule has 0 unspecified atom stereocenters. The second-order valence-corrected chi connectivity index (χ2v) is 12.9. The van der Waals surface area contributed by atoms with Gasteiger partial charge in [-0.15, -0.1) is 0 Å². The zero-order valence-corrected chi connectivity index (χ0v) is 15.0. The Balaban J connectivity index is 2.18. The van der Waals surface area contributed by atoms with Gasteiger partial charge < -0.3 is 8.85 Å². The van der Waals surface area contributed by atoms with Crippen LogP contribution in [-0.2, 0) is 0 Å². The maximum absolute atomic E-state index is 6.15. The molecule has 0 fully saturated rings. The summed E-state index contributed by atoms with van der Waals surface area (Å²) in [7, 11) is -0.989. The Labute approximate surface area is 130 Å². The van der Waals surface area contributed by atoms with Crippen molar-refractivity contribution < 1.29 is 8.85 Å². The molecule has 21 heavy (non-hydrogen) atoms. The molecular weight excluding hydrogens is 294 g/mol. The molecule has 0 saturated heterocycles. The maximum atomic E-state index is 6.15. The summed E-state index contributed by atoms with van der Waals surface area (Å²) in [5.41, 5.74) is 0. The predicted molar refractivity (Wildman–Crippen MR) is 91.0 cm³/mol. The number of hydrogen-bond donors (Lipinski definition) is 0. The molecule has 2 aromatic carbocycles. The molecule has 0 saturated carbocycles. The molecule has 0 spiro atoms. The van der Waals surface area contributed by atoms with Crippen LogP contribution in [0.15, 0.2) is 60.7 Å². The minimum Gasteiger partial charge on any atom is -0.498 e. The zero-order valence-electron chi connectivity index (χ0n) is 13.0. The van der Waals surface area contributed by atoms with Gasteiger partial charge in [-0.1, -0.05) is 56.0 Å². The van der Waals surface area contributed by atoms with E-state index in [1.807, 2.05) is 60.7 Å². The molecule has 0 aliphatic carbocycles. The van der Waals surface area contributed by atoms with Gasteiger partial charge in [0.15, 0.2) is 0 Å². The van der Waals surface area contributed by atoms with E-state index in [1.165, 1.54) is 0 Å². The van der Waals surface area contributed by atoms with Crippen molar-refractivity contribution in [3.63, 3.8) is 0 Å². The van der Waals surface area contributed by atoms with Crippen LogP contribution in [-0.4, -0.2) is 29.0 Å². The van der Waals surface area contributed by atoms with Crippen molar-refractivity contribution in [2.75, 3.05) is 7.05 Å². The smallest absolute Gasteiger partial charge is 0.498 e. The summed E-state index contributed by atoms with van der Waals surface area (Å²) in [4.78, 5) is 0. The Morgan fingerprint density at radius 2 is 1.14 bits per heavy atom. The van der Waals surface area contributed by atoms with Crippen LogP contribution in [0.1, 0.15) is 0 Å². The molecule has 0 amide bonds. The first-order chi connectivity index (χ1) is 9.97. The average Bonchev–Trinajstić information content (AvgIpc) is 2.47. The third-order valence-electron chi connectivity index (χ3n) is 3.18. The third-order valence-corrected chi connectivity index (χ3v) is 9.12. The molecule has 111 valence electrons. The second-order valence-electron chi connectivity index (χ2n) is 5.83. The summed E-state index contributed by atoms with van der Waals surface area (Å²) in [6.45, 7) is 6.88. The zero-order chi connectivity index (χ0) is 15.3. The number of hydrogen-bond acceptors (Lipinski definition) is 3. The fraction of sp³-hybridized carbons (Fsp3) is 0.250. The summed E-state index contributed by atoms with van der Waals surface area (Å²) in [6.07, 6.45) is 0. The largest absolute Gasteiger partial charge is 0.637 e. The van der Waals surface area contributed by atoms with Gasteiger partial charge in [0.25, 0.3) is 0 Å². The third kappa shape index (κ3) is 4.73. The number of benzene rings is 2. The fourth-order valence-corrected chi connectivity index (χ4v) is 5.07. The first-order valence-corrected chi connectivity index (χ1v) is 11.7. The lowest BCUT2D eigenvalue weighted by molar-refractivity contribution is 0.368. The van der Waals surface area contributed by atoms with Crippen LogP contribution in [0, 0.1) is 0 Å². The van der Waals surface area contributed by atoms with E-state index in [1.54, 1.807) is 0 Å². The molecule has 0 aromatic heterocycles.